The Kier molecular flexibility index (Phi) is 3.19. The molecule has 0 aromatic heterocycles. The number of nitrogens with one attached hydrogen (secondary N) is 1. The number of anilines is 3. The van der Waals surface area contributed by atoms with Gasteiger partial charge < -0.3 is 16.8 Å². The monoisotopic (exact) mass is 241 g/mol. The van der Waals surface area contributed by atoms with Gasteiger partial charge in [0.25, 0.3) is 5.91 Å². The zero-order valence-corrected chi connectivity index (χ0v) is 10.1. The number of carbonyl (C=O) groups excluding carboxylic acids is 1. The molecule has 0 aliphatic rings. The van der Waals surface area contributed by atoms with Crippen molar-refractivity contribution in [2.45, 2.75) is 6.92 Å². The first-order chi connectivity index (χ1) is 8.56. The van der Waals surface area contributed by atoms with Crippen LogP contribution < -0.4 is 16.8 Å². The highest BCUT2D eigenvalue weighted by Crippen LogP contribution is 2.21. The second-order valence-electron chi connectivity index (χ2n) is 4.17. The van der Waals surface area contributed by atoms with Crippen LogP contribution in [0, 0.1) is 6.92 Å². The van der Waals surface area contributed by atoms with Gasteiger partial charge in [-0.1, -0.05) is 17.7 Å². The van der Waals surface area contributed by atoms with Crippen LogP contribution in [-0.2, 0) is 0 Å². The molecule has 2 aromatic rings. The molecule has 0 atom stereocenters. The van der Waals surface area contributed by atoms with Crippen molar-refractivity contribution in [2.75, 3.05) is 16.8 Å². The summed E-state index contributed by atoms with van der Waals surface area (Å²) in [5, 5.41) is 2.74. The number of benzene rings is 2. The van der Waals surface area contributed by atoms with Crippen molar-refractivity contribution < 1.29 is 4.79 Å². The predicted octanol–water partition coefficient (Wildman–Crippen LogP) is 2.41. The van der Waals surface area contributed by atoms with Gasteiger partial charge in [0.05, 0.1) is 11.4 Å². The van der Waals surface area contributed by atoms with Gasteiger partial charge >= 0.3 is 0 Å². The molecule has 2 aromatic carbocycles. The normalized spacial score (nSPS) is 10.1. The molecule has 18 heavy (non-hydrogen) atoms. The van der Waals surface area contributed by atoms with Crippen molar-refractivity contribution in [3.63, 3.8) is 0 Å². The van der Waals surface area contributed by atoms with Crippen LogP contribution in [0.25, 0.3) is 0 Å². The molecule has 0 aliphatic heterocycles. The molecule has 0 saturated carbocycles. The van der Waals surface area contributed by atoms with Gasteiger partial charge in [0, 0.05) is 11.3 Å². The summed E-state index contributed by atoms with van der Waals surface area (Å²) in [6.07, 6.45) is 0. The largest absolute Gasteiger partial charge is 0.399 e. The average Bonchev–Trinajstić information content (AvgIpc) is 2.34. The van der Waals surface area contributed by atoms with E-state index in [9.17, 15) is 4.79 Å². The van der Waals surface area contributed by atoms with Gasteiger partial charge in [-0.2, -0.15) is 0 Å². The topological polar surface area (TPSA) is 81.1 Å². The molecule has 0 fully saturated rings. The lowest BCUT2D eigenvalue weighted by Crippen LogP contribution is -2.13. The number of nitrogen functional groups attached to an aromatic ring is 2. The standard InChI is InChI=1S/C14H15N3O/c1-9-2-4-10(5-3-9)14(18)17-13-8-11(15)6-7-12(13)16/h2-8H,15-16H2,1H3,(H,17,18). The molecule has 4 nitrogen and oxygen atoms in total. The number of aryl methyl sites for hydroxylation is 1. The number of hydrogen-bond acceptors (Lipinski definition) is 3. The summed E-state index contributed by atoms with van der Waals surface area (Å²) in [5.41, 5.74) is 14.7. The Labute approximate surface area is 106 Å². The quantitative estimate of drug-likeness (QED) is 0.706. The Morgan fingerprint density at radius 3 is 2.39 bits per heavy atom. The molecular weight excluding hydrogens is 226 g/mol. The summed E-state index contributed by atoms with van der Waals surface area (Å²) in [5.74, 6) is -0.202. The van der Waals surface area contributed by atoms with Crippen LogP contribution in [0.3, 0.4) is 0 Å². The second kappa shape index (κ2) is 4.79. The second-order valence-corrected chi connectivity index (χ2v) is 4.17. The molecule has 2 rings (SSSR count). The van der Waals surface area contributed by atoms with Gasteiger partial charge in [-0.3, -0.25) is 4.79 Å². The average molecular weight is 241 g/mol. The van der Waals surface area contributed by atoms with Gasteiger partial charge in [-0.15, -0.1) is 0 Å². The zero-order chi connectivity index (χ0) is 13.1. The third kappa shape index (κ3) is 2.60. The molecule has 0 spiro atoms. The third-order valence-corrected chi connectivity index (χ3v) is 2.64. The van der Waals surface area contributed by atoms with Crippen LogP contribution in [-0.4, -0.2) is 5.91 Å². The highest BCUT2D eigenvalue weighted by molar-refractivity contribution is 6.06. The van der Waals surface area contributed by atoms with Crippen LogP contribution in [0.1, 0.15) is 15.9 Å². The van der Waals surface area contributed by atoms with Crippen LogP contribution in [0.2, 0.25) is 0 Å². The minimum atomic E-state index is -0.202. The fraction of sp³-hybridized carbons (Fsp3) is 0.0714. The molecule has 5 N–H and O–H groups in total. The maximum absolute atomic E-state index is 12.0. The van der Waals surface area contributed by atoms with Gasteiger partial charge in [0.15, 0.2) is 0 Å². The van der Waals surface area contributed by atoms with Crippen molar-refractivity contribution in [3.8, 4) is 0 Å². The van der Waals surface area contributed by atoms with Crippen molar-refractivity contribution in [1.82, 2.24) is 0 Å². The van der Waals surface area contributed by atoms with Gasteiger partial charge in [0.2, 0.25) is 0 Å². The molecule has 0 heterocycles. The van der Waals surface area contributed by atoms with Crippen molar-refractivity contribution >= 4 is 23.0 Å². The van der Waals surface area contributed by atoms with E-state index in [4.69, 9.17) is 11.5 Å². The van der Waals surface area contributed by atoms with E-state index in [1.54, 1.807) is 30.3 Å². The van der Waals surface area contributed by atoms with E-state index in [-0.39, 0.29) is 5.91 Å². The van der Waals surface area contributed by atoms with E-state index in [2.05, 4.69) is 5.32 Å². The summed E-state index contributed by atoms with van der Waals surface area (Å²) in [7, 11) is 0. The predicted molar refractivity (Wildman–Crippen MR) is 74.4 cm³/mol. The van der Waals surface area contributed by atoms with E-state index in [0.29, 0.717) is 22.6 Å². The number of amides is 1. The lowest BCUT2D eigenvalue weighted by atomic mass is 10.1. The Morgan fingerprint density at radius 2 is 1.72 bits per heavy atom. The lowest BCUT2D eigenvalue weighted by Gasteiger charge is -2.09. The van der Waals surface area contributed by atoms with E-state index >= 15 is 0 Å². The summed E-state index contributed by atoms with van der Waals surface area (Å²) < 4.78 is 0. The highest BCUT2D eigenvalue weighted by atomic mass is 16.1. The molecule has 0 unspecified atom stereocenters. The number of hydrogen-bond donors (Lipinski definition) is 3. The van der Waals surface area contributed by atoms with Crippen molar-refractivity contribution in [2.24, 2.45) is 0 Å². The van der Waals surface area contributed by atoms with E-state index in [1.807, 2.05) is 19.1 Å². The summed E-state index contributed by atoms with van der Waals surface area (Å²) in [4.78, 5) is 12.0. The molecule has 0 aliphatic carbocycles. The highest BCUT2D eigenvalue weighted by Gasteiger charge is 2.07. The minimum Gasteiger partial charge on any atom is -0.399 e. The van der Waals surface area contributed by atoms with E-state index < -0.39 is 0 Å². The molecule has 92 valence electrons. The van der Waals surface area contributed by atoms with Crippen molar-refractivity contribution in [3.05, 3.63) is 53.6 Å². The molecule has 0 radical (unpaired) electrons. The third-order valence-electron chi connectivity index (χ3n) is 2.64. The molecule has 0 saturated heterocycles. The Hall–Kier alpha value is -2.49. The van der Waals surface area contributed by atoms with Gasteiger partial charge in [0.1, 0.15) is 0 Å². The van der Waals surface area contributed by atoms with Crippen LogP contribution >= 0.6 is 0 Å². The number of carbonyl (C=O) groups is 1. The summed E-state index contributed by atoms with van der Waals surface area (Å²) in [6, 6.07) is 12.3. The maximum atomic E-state index is 12.0. The minimum absolute atomic E-state index is 0.202. The number of nitrogens with two attached hydrogens (primary N) is 2. The fourth-order valence-corrected chi connectivity index (χ4v) is 1.58. The first-order valence-corrected chi connectivity index (χ1v) is 5.59. The Bertz CT molecular complexity index is 576. The van der Waals surface area contributed by atoms with Crippen LogP contribution in [0.5, 0.6) is 0 Å². The molecular formula is C14H15N3O. The van der Waals surface area contributed by atoms with Crippen LogP contribution in [0.4, 0.5) is 17.1 Å². The Balaban J connectivity index is 2.21. The van der Waals surface area contributed by atoms with Crippen molar-refractivity contribution in [1.29, 1.82) is 0 Å². The molecule has 1 amide bonds. The lowest BCUT2D eigenvalue weighted by molar-refractivity contribution is 0.102. The van der Waals surface area contributed by atoms with Gasteiger partial charge in [-0.25, -0.2) is 0 Å². The van der Waals surface area contributed by atoms with Gasteiger partial charge in [-0.05, 0) is 37.3 Å². The summed E-state index contributed by atoms with van der Waals surface area (Å²) in [6.45, 7) is 1.97. The van der Waals surface area contributed by atoms with E-state index in [0.717, 1.165) is 5.56 Å². The maximum Gasteiger partial charge on any atom is 0.255 e. The Morgan fingerprint density at radius 1 is 1.06 bits per heavy atom. The van der Waals surface area contributed by atoms with E-state index in [1.165, 1.54) is 0 Å². The molecule has 4 heteroatoms. The smallest absolute Gasteiger partial charge is 0.255 e. The number of rotatable bonds is 2. The zero-order valence-electron chi connectivity index (χ0n) is 10.1. The fourth-order valence-electron chi connectivity index (χ4n) is 1.58. The van der Waals surface area contributed by atoms with Crippen LogP contribution in [0.15, 0.2) is 42.5 Å². The molecule has 0 bridgehead atoms. The first kappa shape index (κ1) is 12.0. The summed E-state index contributed by atoms with van der Waals surface area (Å²) >= 11 is 0. The SMILES string of the molecule is Cc1ccc(C(=O)Nc2cc(N)ccc2N)cc1. The first-order valence-electron chi connectivity index (χ1n) is 5.59.